The summed E-state index contributed by atoms with van der Waals surface area (Å²) in [5, 5.41) is 0.933. The Morgan fingerprint density at radius 2 is 2.07 bits per heavy atom. The fraction of sp³-hybridized carbons (Fsp3) is 0.391. The van der Waals surface area contributed by atoms with Crippen LogP contribution in [0.3, 0.4) is 0 Å². The second kappa shape index (κ2) is 8.49. The average molecular weight is 410 g/mol. The quantitative estimate of drug-likeness (QED) is 0.527. The summed E-state index contributed by atoms with van der Waals surface area (Å²) in [6.07, 6.45) is 6.87. The minimum atomic E-state index is 0.00155. The van der Waals surface area contributed by atoms with Crippen LogP contribution in [0.15, 0.2) is 64.4 Å². The monoisotopic (exact) mass is 409 g/mol. The number of carbonyl (C=O) groups excluding carboxylic acids is 1. The van der Waals surface area contributed by atoms with Crippen LogP contribution >= 0.6 is 11.8 Å². The van der Waals surface area contributed by atoms with E-state index in [2.05, 4.69) is 36.2 Å². The summed E-state index contributed by atoms with van der Waals surface area (Å²) in [6.45, 7) is 3.87. The molecule has 29 heavy (non-hydrogen) atoms. The summed E-state index contributed by atoms with van der Waals surface area (Å²) >= 11 is 1.60. The van der Waals surface area contributed by atoms with Crippen LogP contribution in [0.25, 0.3) is 0 Å². The van der Waals surface area contributed by atoms with E-state index in [-0.39, 0.29) is 11.3 Å². The first-order valence-corrected chi connectivity index (χ1v) is 11.0. The Labute approximate surface area is 176 Å². The predicted octanol–water partition coefficient (Wildman–Crippen LogP) is 4.79. The molecule has 1 aliphatic heterocycles. The number of amides is 1. The van der Waals surface area contributed by atoms with Crippen molar-refractivity contribution in [3.05, 3.63) is 71.9 Å². The number of rotatable bonds is 7. The molecule has 0 bridgehead atoms. The topological polar surface area (TPSA) is 51.3 Å². The van der Waals surface area contributed by atoms with E-state index in [4.69, 9.17) is 4.42 Å². The third kappa shape index (κ3) is 4.75. The molecule has 1 fully saturated rings. The van der Waals surface area contributed by atoms with E-state index in [0.29, 0.717) is 11.5 Å². The lowest BCUT2D eigenvalue weighted by Crippen LogP contribution is -2.31. The zero-order valence-electron chi connectivity index (χ0n) is 17.0. The first kappa shape index (κ1) is 19.8. The molecule has 0 aliphatic carbocycles. The average Bonchev–Trinajstić information content (AvgIpc) is 3.46. The highest BCUT2D eigenvalue weighted by Gasteiger charge is 2.36. The molecule has 0 spiro atoms. The van der Waals surface area contributed by atoms with Gasteiger partial charge in [-0.1, -0.05) is 49.0 Å². The van der Waals surface area contributed by atoms with E-state index < -0.39 is 0 Å². The molecular formula is C23H27N3O2S. The maximum Gasteiger partial charge on any atom is 0.289 e. The first-order chi connectivity index (χ1) is 14.0. The largest absolute Gasteiger partial charge is 0.455 e. The van der Waals surface area contributed by atoms with Gasteiger partial charge in [0.05, 0.1) is 5.75 Å². The molecule has 3 heterocycles. The van der Waals surface area contributed by atoms with E-state index in [0.717, 1.165) is 43.3 Å². The third-order valence-electron chi connectivity index (χ3n) is 5.70. The number of hydrogen-bond acceptors (Lipinski definition) is 4. The van der Waals surface area contributed by atoms with Crippen LogP contribution < -0.4 is 0 Å². The van der Waals surface area contributed by atoms with Gasteiger partial charge in [-0.25, -0.2) is 4.98 Å². The Balaban J connectivity index is 1.32. The summed E-state index contributed by atoms with van der Waals surface area (Å²) < 4.78 is 7.82. The summed E-state index contributed by atoms with van der Waals surface area (Å²) in [5.41, 5.74) is 1.52. The molecule has 1 amide bonds. The van der Waals surface area contributed by atoms with Crippen molar-refractivity contribution in [1.29, 1.82) is 0 Å². The molecule has 0 radical (unpaired) electrons. The lowest BCUT2D eigenvalue weighted by Gasteiger charge is -2.24. The van der Waals surface area contributed by atoms with E-state index in [1.54, 1.807) is 24.0 Å². The number of furan rings is 1. The molecule has 5 nitrogen and oxygen atoms in total. The Morgan fingerprint density at radius 1 is 1.24 bits per heavy atom. The zero-order chi connectivity index (χ0) is 20.3. The summed E-state index contributed by atoms with van der Waals surface area (Å²) in [6, 6.07) is 14.3. The molecule has 1 saturated heterocycles. The van der Waals surface area contributed by atoms with Gasteiger partial charge >= 0.3 is 0 Å². The van der Waals surface area contributed by atoms with Crippen LogP contribution in [0.5, 0.6) is 0 Å². The number of likely N-dealkylation sites (tertiary alicyclic amines) is 1. The van der Waals surface area contributed by atoms with E-state index >= 15 is 0 Å². The second-order valence-corrected chi connectivity index (χ2v) is 9.09. The van der Waals surface area contributed by atoms with Gasteiger partial charge in [-0.3, -0.25) is 4.79 Å². The minimum Gasteiger partial charge on any atom is -0.455 e. The van der Waals surface area contributed by atoms with Gasteiger partial charge < -0.3 is 13.9 Å². The number of benzene rings is 1. The van der Waals surface area contributed by atoms with Gasteiger partial charge in [0.15, 0.2) is 10.9 Å². The molecule has 1 unspecified atom stereocenters. The van der Waals surface area contributed by atoms with Crippen molar-refractivity contribution in [2.24, 2.45) is 12.5 Å². The molecule has 0 N–H and O–H groups in total. The van der Waals surface area contributed by atoms with Gasteiger partial charge in [-0.2, -0.15) is 0 Å². The maximum absolute atomic E-state index is 12.9. The van der Waals surface area contributed by atoms with Crippen molar-refractivity contribution in [1.82, 2.24) is 14.5 Å². The Kier molecular flexibility index (Phi) is 5.81. The maximum atomic E-state index is 12.9. The van der Waals surface area contributed by atoms with Crippen LogP contribution in [0.4, 0.5) is 0 Å². The summed E-state index contributed by atoms with van der Waals surface area (Å²) in [7, 11) is 1.97. The van der Waals surface area contributed by atoms with Crippen molar-refractivity contribution in [2.75, 3.05) is 13.1 Å². The summed E-state index contributed by atoms with van der Waals surface area (Å²) in [5.74, 6) is 1.90. The minimum absolute atomic E-state index is 0.00155. The molecule has 4 rings (SSSR count). The van der Waals surface area contributed by atoms with Crippen molar-refractivity contribution < 1.29 is 9.21 Å². The number of imidazole rings is 1. The van der Waals surface area contributed by atoms with Gasteiger partial charge in [0.1, 0.15) is 5.76 Å². The molecule has 2 aromatic heterocycles. The molecular weight excluding hydrogens is 382 g/mol. The van der Waals surface area contributed by atoms with Crippen LogP contribution in [-0.4, -0.2) is 33.4 Å². The fourth-order valence-corrected chi connectivity index (χ4v) is 4.67. The number of thioether (sulfide) groups is 1. The predicted molar refractivity (Wildman–Crippen MR) is 115 cm³/mol. The van der Waals surface area contributed by atoms with Crippen molar-refractivity contribution in [2.45, 2.75) is 37.1 Å². The zero-order valence-corrected chi connectivity index (χ0v) is 17.8. The lowest BCUT2D eigenvalue weighted by molar-refractivity contribution is 0.0740. The number of hydrogen-bond donors (Lipinski definition) is 0. The first-order valence-electron chi connectivity index (χ1n) is 10.0. The Bertz CT molecular complexity index is 965. The normalized spacial score (nSPS) is 19.0. The molecule has 152 valence electrons. The Morgan fingerprint density at radius 3 is 2.83 bits per heavy atom. The van der Waals surface area contributed by atoms with Gasteiger partial charge in [0, 0.05) is 32.5 Å². The number of nitrogens with zero attached hydrogens (tertiary/aromatic N) is 3. The van der Waals surface area contributed by atoms with Gasteiger partial charge in [-0.15, -0.1) is 0 Å². The molecule has 1 aliphatic rings. The number of aromatic nitrogens is 2. The third-order valence-corrected chi connectivity index (χ3v) is 6.78. The SMILES string of the molecule is Cn1ccnc1SCc1ccc(C(=O)N2CCC(C)(CCc3ccccc3)C2)o1. The highest BCUT2D eigenvalue weighted by atomic mass is 32.2. The van der Waals surface area contributed by atoms with Crippen LogP contribution in [0, 0.1) is 5.41 Å². The van der Waals surface area contributed by atoms with Gasteiger partial charge in [0.25, 0.3) is 5.91 Å². The number of carbonyl (C=O) groups is 1. The molecule has 1 aromatic carbocycles. The van der Waals surface area contributed by atoms with Crippen LogP contribution in [-0.2, 0) is 19.2 Å². The highest BCUT2D eigenvalue weighted by molar-refractivity contribution is 7.98. The van der Waals surface area contributed by atoms with Gasteiger partial charge in [0.2, 0.25) is 0 Å². The van der Waals surface area contributed by atoms with E-state index in [1.165, 1.54) is 5.56 Å². The highest BCUT2D eigenvalue weighted by Crippen LogP contribution is 2.35. The molecule has 1 atom stereocenters. The second-order valence-electron chi connectivity index (χ2n) is 8.15. The van der Waals surface area contributed by atoms with Crippen molar-refractivity contribution in [3.8, 4) is 0 Å². The smallest absolute Gasteiger partial charge is 0.289 e. The van der Waals surface area contributed by atoms with Gasteiger partial charge in [-0.05, 0) is 42.4 Å². The molecule has 6 heteroatoms. The summed E-state index contributed by atoms with van der Waals surface area (Å²) in [4.78, 5) is 19.2. The van der Waals surface area contributed by atoms with E-state index in [1.807, 2.05) is 34.8 Å². The number of aryl methyl sites for hydroxylation is 2. The van der Waals surface area contributed by atoms with Crippen LogP contribution in [0.1, 0.15) is 41.6 Å². The van der Waals surface area contributed by atoms with Crippen molar-refractivity contribution >= 4 is 17.7 Å². The standard InChI is InChI=1S/C23H27N3O2S/c1-23(11-10-18-6-4-3-5-7-18)12-14-26(17-23)21(27)20-9-8-19(28-20)16-29-22-24-13-15-25(22)2/h3-9,13,15H,10-12,14,16-17H2,1-2H3. The fourth-order valence-electron chi connectivity index (χ4n) is 3.84. The lowest BCUT2D eigenvalue weighted by atomic mass is 9.83. The Hall–Kier alpha value is -2.47. The van der Waals surface area contributed by atoms with E-state index in [9.17, 15) is 4.79 Å². The molecule has 3 aromatic rings. The van der Waals surface area contributed by atoms with Crippen molar-refractivity contribution in [3.63, 3.8) is 0 Å². The van der Waals surface area contributed by atoms with Crippen LogP contribution in [0.2, 0.25) is 0 Å². The molecule has 0 saturated carbocycles.